The molecule has 0 saturated heterocycles. The number of aryl methyl sites for hydroxylation is 2. The molecule has 0 radical (unpaired) electrons. The summed E-state index contributed by atoms with van der Waals surface area (Å²) in [6.07, 6.45) is 3.79. The summed E-state index contributed by atoms with van der Waals surface area (Å²) in [5.41, 5.74) is 2.39. The first-order valence-corrected chi connectivity index (χ1v) is 7.68. The van der Waals surface area contributed by atoms with Gasteiger partial charge in [-0.3, -0.25) is 0 Å². The van der Waals surface area contributed by atoms with Crippen LogP contribution in [0.1, 0.15) is 17.5 Å². The molecular formula is C17H21N3OS. The zero-order chi connectivity index (χ0) is 15.8. The van der Waals surface area contributed by atoms with Crippen LogP contribution in [-0.4, -0.2) is 23.8 Å². The summed E-state index contributed by atoms with van der Waals surface area (Å²) in [4.78, 5) is 4.26. The fourth-order valence-electron chi connectivity index (χ4n) is 2.02. The van der Waals surface area contributed by atoms with E-state index < -0.39 is 0 Å². The Morgan fingerprint density at radius 3 is 2.86 bits per heavy atom. The largest absolute Gasteiger partial charge is 0.497 e. The molecule has 2 aromatic rings. The summed E-state index contributed by atoms with van der Waals surface area (Å²) in [6, 6.07) is 12.1. The molecule has 2 N–H and O–H groups in total. The Morgan fingerprint density at radius 1 is 1.27 bits per heavy atom. The molecule has 1 heterocycles. The highest BCUT2D eigenvalue weighted by Gasteiger charge is 1.99. The van der Waals surface area contributed by atoms with E-state index in [9.17, 15) is 0 Å². The average molecular weight is 315 g/mol. The van der Waals surface area contributed by atoms with E-state index in [2.05, 4.69) is 27.8 Å². The number of hydrogen-bond acceptors (Lipinski definition) is 3. The molecule has 0 saturated carbocycles. The molecule has 0 amide bonds. The van der Waals surface area contributed by atoms with Crippen molar-refractivity contribution in [3.63, 3.8) is 0 Å². The summed E-state index contributed by atoms with van der Waals surface area (Å²) in [7, 11) is 1.68. The van der Waals surface area contributed by atoms with Crippen molar-refractivity contribution in [2.75, 3.05) is 19.0 Å². The van der Waals surface area contributed by atoms with Crippen molar-refractivity contribution in [2.45, 2.75) is 19.8 Å². The van der Waals surface area contributed by atoms with Gasteiger partial charge in [0.05, 0.1) is 7.11 Å². The maximum absolute atomic E-state index is 5.26. The van der Waals surface area contributed by atoms with Crippen molar-refractivity contribution >= 4 is 23.1 Å². The smallest absolute Gasteiger partial charge is 0.171 e. The number of nitrogens with zero attached hydrogens (tertiary/aromatic N) is 1. The minimum Gasteiger partial charge on any atom is -0.497 e. The summed E-state index contributed by atoms with van der Waals surface area (Å²) >= 11 is 5.26. The number of anilines is 1. The van der Waals surface area contributed by atoms with Gasteiger partial charge in [0.1, 0.15) is 11.6 Å². The molecule has 0 aliphatic rings. The first-order valence-electron chi connectivity index (χ1n) is 7.28. The fourth-order valence-corrected chi connectivity index (χ4v) is 2.23. The molecule has 4 nitrogen and oxygen atoms in total. The quantitative estimate of drug-likeness (QED) is 0.632. The normalized spacial score (nSPS) is 10.1. The van der Waals surface area contributed by atoms with Gasteiger partial charge in [-0.05, 0) is 61.3 Å². The predicted octanol–water partition coefficient (Wildman–Crippen LogP) is 3.32. The molecule has 5 heteroatoms. The van der Waals surface area contributed by atoms with Crippen LogP contribution in [0.5, 0.6) is 5.75 Å². The van der Waals surface area contributed by atoms with Crippen molar-refractivity contribution in [3.05, 3.63) is 53.7 Å². The van der Waals surface area contributed by atoms with Gasteiger partial charge < -0.3 is 15.4 Å². The van der Waals surface area contributed by atoms with E-state index in [1.165, 1.54) is 5.56 Å². The van der Waals surface area contributed by atoms with E-state index >= 15 is 0 Å². The van der Waals surface area contributed by atoms with Crippen molar-refractivity contribution in [3.8, 4) is 5.75 Å². The number of ether oxygens (including phenoxy) is 1. The number of pyridine rings is 1. The maximum atomic E-state index is 5.26. The molecule has 0 fully saturated rings. The van der Waals surface area contributed by atoms with Gasteiger partial charge in [0.2, 0.25) is 0 Å². The topological polar surface area (TPSA) is 46.2 Å². The molecule has 1 aromatic carbocycles. The molecule has 22 heavy (non-hydrogen) atoms. The van der Waals surface area contributed by atoms with Gasteiger partial charge in [0, 0.05) is 12.7 Å². The fraction of sp³-hybridized carbons (Fsp3) is 0.294. The van der Waals surface area contributed by atoms with Gasteiger partial charge in [-0.25, -0.2) is 4.98 Å². The van der Waals surface area contributed by atoms with Crippen LogP contribution in [0.2, 0.25) is 0 Å². The number of benzene rings is 1. The van der Waals surface area contributed by atoms with E-state index in [1.807, 2.05) is 37.4 Å². The number of methoxy groups -OCH3 is 1. The Morgan fingerprint density at radius 2 is 2.14 bits per heavy atom. The average Bonchev–Trinajstić information content (AvgIpc) is 2.54. The lowest BCUT2D eigenvalue weighted by Crippen LogP contribution is -2.29. The van der Waals surface area contributed by atoms with E-state index in [-0.39, 0.29) is 0 Å². The van der Waals surface area contributed by atoms with E-state index in [0.29, 0.717) is 5.11 Å². The van der Waals surface area contributed by atoms with Crippen LogP contribution in [-0.2, 0) is 6.42 Å². The lowest BCUT2D eigenvalue weighted by atomic mass is 10.1. The van der Waals surface area contributed by atoms with Crippen LogP contribution < -0.4 is 15.4 Å². The lowest BCUT2D eigenvalue weighted by Gasteiger charge is -2.10. The van der Waals surface area contributed by atoms with Crippen LogP contribution >= 0.6 is 12.2 Å². The van der Waals surface area contributed by atoms with Crippen molar-refractivity contribution in [1.29, 1.82) is 0 Å². The third-order valence-corrected chi connectivity index (χ3v) is 3.46. The molecule has 0 unspecified atom stereocenters. The summed E-state index contributed by atoms with van der Waals surface area (Å²) in [5, 5.41) is 6.87. The molecule has 116 valence electrons. The first-order chi connectivity index (χ1) is 10.7. The minimum atomic E-state index is 0.599. The van der Waals surface area contributed by atoms with Crippen molar-refractivity contribution < 1.29 is 4.74 Å². The van der Waals surface area contributed by atoms with Crippen LogP contribution in [0, 0.1) is 6.92 Å². The Balaban J connectivity index is 1.69. The van der Waals surface area contributed by atoms with E-state index in [0.717, 1.165) is 36.5 Å². The highest BCUT2D eigenvalue weighted by molar-refractivity contribution is 7.80. The SMILES string of the molecule is COc1cccc(CCCNC(=S)Nc2ccc(C)cn2)c1. The Kier molecular flexibility index (Phi) is 6.15. The second-order valence-electron chi connectivity index (χ2n) is 5.06. The standard InChI is InChI=1S/C17H21N3OS/c1-13-8-9-16(19-12-13)20-17(22)18-10-4-6-14-5-3-7-15(11-14)21-2/h3,5,7-9,11-12H,4,6,10H2,1-2H3,(H2,18,19,20,22). The molecule has 0 aliphatic heterocycles. The monoisotopic (exact) mass is 315 g/mol. The number of aromatic nitrogens is 1. The molecule has 0 bridgehead atoms. The maximum Gasteiger partial charge on any atom is 0.171 e. The lowest BCUT2D eigenvalue weighted by molar-refractivity contribution is 0.414. The van der Waals surface area contributed by atoms with Gasteiger partial charge in [-0.1, -0.05) is 18.2 Å². The van der Waals surface area contributed by atoms with Gasteiger partial charge in [-0.15, -0.1) is 0 Å². The Labute approximate surface area is 136 Å². The molecule has 1 aromatic heterocycles. The van der Waals surface area contributed by atoms with Crippen LogP contribution in [0.4, 0.5) is 5.82 Å². The highest BCUT2D eigenvalue weighted by atomic mass is 32.1. The van der Waals surface area contributed by atoms with Gasteiger partial charge in [0.15, 0.2) is 5.11 Å². The highest BCUT2D eigenvalue weighted by Crippen LogP contribution is 2.13. The summed E-state index contributed by atoms with van der Waals surface area (Å²) < 4.78 is 5.22. The number of hydrogen-bond donors (Lipinski definition) is 2. The van der Waals surface area contributed by atoms with E-state index in [4.69, 9.17) is 17.0 Å². The van der Waals surface area contributed by atoms with Crippen LogP contribution in [0.25, 0.3) is 0 Å². The molecule has 0 atom stereocenters. The van der Waals surface area contributed by atoms with Crippen molar-refractivity contribution in [1.82, 2.24) is 10.3 Å². The number of rotatable bonds is 6. The summed E-state index contributed by atoms with van der Waals surface area (Å²) in [5.74, 6) is 1.66. The Hall–Kier alpha value is -2.14. The summed E-state index contributed by atoms with van der Waals surface area (Å²) in [6.45, 7) is 2.82. The first kappa shape index (κ1) is 16.2. The van der Waals surface area contributed by atoms with Crippen LogP contribution in [0.3, 0.4) is 0 Å². The van der Waals surface area contributed by atoms with E-state index in [1.54, 1.807) is 7.11 Å². The molecule has 0 spiro atoms. The second-order valence-corrected chi connectivity index (χ2v) is 5.47. The predicted molar refractivity (Wildman–Crippen MR) is 94.5 cm³/mol. The van der Waals surface area contributed by atoms with Gasteiger partial charge in [0.25, 0.3) is 0 Å². The third-order valence-electron chi connectivity index (χ3n) is 3.21. The molecule has 0 aliphatic carbocycles. The number of thiocarbonyl (C=S) groups is 1. The van der Waals surface area contributed by atoms with Crippen LogP contribution in [0.15, 0.2) is 42.6 Å². The Bertz CT molecular complexity index is 614. The minimum absolute atomic E-state index is 0.599. The van der Waals surface area contributed by atoms with Gasteiger partial charge >= 0.3 is 0 Å². The second kappa shape index (κ2) is 8.34. The zero-order valence-corrected chi connectivity index (χ0v) is 13.7. The van der Waals surface area contributed by atoms with Gasteiger partial charge in [-0.2, -0.15) is 0 Å². The molecular weight excluding hydrogens is 294 g/mol. The van der Waals surface area contributed by atoms with Crippen molar-refractivity contribution in [2.24, 2.45) is 0 Å². The number of nitrogens with one attached hydrogen (secondary N) is 2. The molecule has 2 rings (SSSR count). The third kappa shape index (κ3) is 5.33. The zero-order valence-electron chi connectivity index (χ0n) is 12.9.